The summed E-state index contributed by atoms with van der Waals surface area (Å²) >= 11 is 6.31. The standard InChI is InChI=1S/C20H25ClFNO/c1-12(2)19-16(10-21)18(14-6-8-15(22)9-7-14)17(11-24-5)20(23-19)13(3)4/h6-9,12-13H,10-11H2,1-5H3/i10+2. The van der Waals surface area contributed by atoms with Crippen LogP contribution in [0.4, 0.5) is 4.39 Å². The topological polar surface area (TPSA) is 22.1 Å². The number of hydrogen-bond acceptors (Lipinski definition) is 2. The van der Waals surface area contributed by atoms with Crippen LogP contribution in [0.25, 0.3) is 11.1 Å². The van der Waals surface area contributed by atoms with E-state index in [4.69, 9.17) is 21.3 Å². The molecule has 0 radical (unpaired) electrons. The second-order valence-electron chi connectivity index (χ2n) is 6.60. The Balaban J connectivity index is 2.86. The molecule has 0 aliphatic rings. The van der Waals surface area contributed by atoms with E-state index in [1.54, 1.807) is 19.2 Å². The van der Waals surface area contributed by atoms with Crippen LogP contribution >= 0.6 is 11.6 Å². The highest BCUT2D eigenvalue weighted by Crippen LogP contribution is 2.37. The zero-order valence-corrected chi connectivity index (χ0v) is 15.7. The number of benzene rings is 1. The minimum atomic E-state index is -0.248. The molecule has 0 fully saturated rings. The highest BCUT2D eigenvalue weighted by molar-refractivity contribution is 6.17. The van der Waals surface area contributed by atoms with Crippen LogP contribution < -0.4 is 0 Å². The van der Waals surface area contributed by atoms with E-state index in [2.05, 4.69) is 27.7 Å². The van der Waals surface area contributed by atoms with Gasteiger partial charge in [-0.25, -0.2) is 4.39 Å². The molecule has 0 atom stereocenters. The molecule has 0 amide bonds. The average molecular weight is 352 g/mol. The number of nitrogens with zero attached hydrogens (tertiary/aromatic N) is 1. The summed E-state index contributed by atoms with van der Waals surface area (Å²) in [6.45, 7) is 8.94. The molecule has 24 heavy (non-hydrogen) atoms. The molecule has 1 aromatic heterocycles. The molecule has 0 bridgehead atoms. The molecule has 130 valence electrons. The number of alkyl halides is 1. The van der Waals surface area contributed by atoms with Gasteiger partial charge >= 0.3 is 0 Å². The van der Waals surface area contributed by atoms with E-state index in [0.29, 0.717) is 12.5 Å². The quantitative estimate of drug-likeness (QED) is 0.593. The van der Waals surface area contributed by atoms with Crippen molar-refractivity contribution >= 4 is 11.6 Å². The smallest absolute Gasteiger partial charge is 0.123 e. The third kappa shape index (κ3) is 3.79. The second-order valence-corrected chi connectivity index (χ2v) is 6.86. The summed E-state index contributed by atoms with van der Waals surface area (Å²) < 4.78 is 18.8. The van der Waals surface area contributed by atoms with Gasteiger partial charge in [0.05, 0.1) is 6.61 Å². The van der Waals surface area contributed by atoms with Crippen LogP contribution in [0, 0.1) is 5.82 Å². The Morgan fingerprint density at radius 2 is 1.67 bits per heavy atom. The first-order valence-corrected chi connectivity index (χ1v) is 8.80. The molecule has 0 aliphatic heterocycles. The Kier molecular flexibility index (Phi) is 6.36. The lowest BCUT2D eigenvalue weighted by Crippen LogP contribution is -2.12. The second kappa shape index (κ2) is 8.09. The van der Waals surface area contributed by atoms with Crippen LogP contribution in [0.3, 0.4) is 0 Å². The van der Waals surface area contributed by atoms with Crippen LogP contribution in [0.5, 0.6) is 0 Å². The van der Waals surface area contributed by atoms with Crippen molar-refractivity contribution in [1.29, 1.82) is 0 Å². The van der Waals surface area contributed by atoms with Crippen molar-refractivity contribution in [3.05, 3.63) is 52.6 Å². The Labute approximate surface area is 149 Å². The van der Waals surface area contributed by atoms with Crippen molar-refractivity contribution < 1.29 is 9.13 Å². The van der Waals surface area contributed by atoms with Gasteiger partial charge in [-0.3, -0.25) is 4.98 Å². The first kappa shape index (κ1) is 18.9. The van der Waals surface area contributed by atoms with Gasteiger partial charge in [-0.2, -0.15) is 0 Å². The molecule has 1 aromatic carbocycles. The third-order valence-corrected chi connectivity index (χ3v) is 4.38. The minimum Gasteiger partial charge on any atom is -0.380 e. The number of pyridine rings is 1. The van der Waals surface area contributed by atoms with Crippen molar-refractivity contribution in [1.82, 2.24) is 4.98 Å². The van der Waals surface area contributed by atoms with Crippen molar-refractivity contribution in [2.45, 2.75) is 52.0 Å². The Bertz CT molecular complexity index is 696. The van der Waals surface area contributed by atoms with Gasteiger partial charge in [0, 0.05) is 29.9 Å². The first-order valence-electron chi connectivity index (χ1n) is 8.27. The maximum Gasteiger partial charge on any atom is 0.123 e. The minimum absolute atomic E-state index is 0.248. The van der Waals surface area contributed by atoms with Crippen LogP contribution in [-0.2, 0) is 17.2 Å². The van der Waals surface area contributed by atoms with E-state index >= 15 is 0 Å². The largest absolute Gasteiger partial charge is 0.380 e. The van der Waals surface area contributed by atoms with Gasteiger partial charge in [0.2, 0.25) is 0 Å². The van der Waals surface area contributed by atoms with Crippen molar-refractivity contribution in [3.63, 3.8) is 0 Å². The first-order chi connectivity index (χ1) is 11.4. The molecule has 0 saturated carbocycles. The van der Waals surface area contributed by atoms with Gasteiger partial charge < -0.3 is 4.74 Å². The van der Waals surface area contributed by atoms with E-state index in [1.807, 2.05) is 0 Å². The van der Waals surface area contributed by atoms with Crippen molar-refractivity contribution in [2.24, 2.45) is 0 Å². The normalized spacial score (nSPS) is 11.5. The number of rotatable bonds is 6. The molecule has 2 rings (SSSR count). The number of hydrogen-bond donors (Lipinski definition) is 0. The van der Waals surface area contributed by atoms with E-state index in [9.17, 15) is 4.39 Å². The monoisotopic (exact) mass is 351 g/mol. The summed E-state index contributed by atoms with van der Waals surface area (Å²) in [6.07, 6.45) is 0. The summed E-state index contributed by atoms with van der Waals surface area (Å²) in [7, 11) is 1.68. The van der Waals surface area contributed by atoms with Crippen molar-refractivity contribution in [2.75, 3.05) is 7.11 Å². The van der Waals surface area contributed by atoms with E-state index in [-0.39, 0.29) is 17.7 Å². The van der Waals surface area contributed by atoms with Crippen LogP contribution in [-0.4, -0.2) is 12.1 Å². The fraction of sp³-hybridized carbons (Fsp3) is 0.450. The van der Waals surface area contributed by atoms with Crippen LogP contribution in [0.1, 0.15) is 62.0 Å². The molecule has 0 N–H and O–H groups in total. The lowest BCUT2D eigenvalue weighted by Gasteiger charge is -2.23. The molecule has 4 heteroatoms. The predicted octanol–water partition coefficient (Wildman–Crippen LogP) is 6.02. The van der Waals surface area contributed by atoms with Gasteiger partial charge in [-0.1, -0.05) is 39.8 Å². The van der Waals surface area contributed by atoms with E-state index < -0.39 is 0 Å². The summed E-state index contributed by atoms with van der Waals surface area (Å²) in [6, 6.07) is 6.56. The molecule has 1 heterocycles. The van der Waals surface area contributed by atoms with E-state index in [0.717, 1.165) is 33.6 Å². The molecule has 2 aromatic rings. The fourth-order valence-electron chi connectivity index (χ4n) is 3.05. The maximum absolute atomic E-state index is 13.4. The van der Waals surface area contributed by atoms with Gasteiger partial charge in [-0.15, -0.1) is 11.6 Å². The van der Waals surface area contributed by atoms with Gasteiger partial charge in [0.15, 0.2) is 0 Å². The molecule has 0 spiro atoms. The van der Waals surface area contributed by atoms with E-state index in [1.165, 1.54) is 12.1 Å². The Morgan fingerprint density at radius 1 is 1.08 bits per heavy atom. The fourth-order valence-corrected chi connectivity index (χ4v) is 3.32. The summed E-state index contributed by atoms with van der Waals surface area (Å²) in [4.78, 5) is 4.93. The number of methoxy groups -OCH3 is 1. The molecule has 0 unspecified atom stereocenters. The lowest BCUT2D eigenvalue weighted by molar-refractivity contribution is 0.183. The highest BCUT2D eigenvalue weighted by Gasteiger charge is 2.23. The summed E-state index contributed by atoms with van der Waals surface area (Å²) in [5, 5.41) is 0. The SMILES string of the molecule is COCc1c(C(C)C)nc(C(C)C)c([14CH2]Cl)c1-c1ccc(F)cc1. The van der Waals surface area contributed by atoms with Crippen LogP contribution in [0.15, 0.2) is 24.3 Å². The molecule has 2 nitrogen and oxygen atoms in total. The number of halogens is 2. The zero-order chi connectivity index (χ0) is 17.9. The maximum atomic E-state index is 13.4. The highest BCUT2D eigenvalue weighted by atomic mass is 35.5. The molecule has 0 saturated heterocycles. The van der Waals surface area contributed by atoms with Gasteiger partial charge in [-0.05, 0) is 40.7 Å². The third-order valence-electron chi connectivity index (χ3n) is 4.11. The van der Waals surface area contributed by atoms with Crippen LogP contribution in [0.2, 0.25) is 0 Å². The zero-order valence-electron chi connectivity index (χ0n) is 15.0. The van der Waals surface area contributed by atoms with Crippen molar-refractivity contribution in [3.8, 4) is 11.1 Å². The number of aromatic nitrogens is 1. The molecular formula is C20H25ClFNO. The van der Waals surface area contributed by atoms with Gasteiger partial charge in [0.1, 0.15) is 5.82 Å². The Morgan fingerprint density at radius 3 is 2.12 bits per heavy atom. The lowest BCUT2D eigenvalue weighted by atomic mass is 9.90. The Hall–Kier alpha value is -1.45. The summed E-state index contributed by atoms with van der Waals surface area (Å²) in [5.74, 6) is 0.632. The predicted molar refractivity (Wildman–Crippen MR) is 98.1 cm³/mol. The molecule has 0 aliphatic carbocycles. The average Bonchev–Trinajstić information content (AvgIpc) is 2.54. The van der Waals surface area contributed by atoms with Gasteiger partial charge in [0.25, 0.3) is 0 Å². The molecular weight excluding hydrogens is 327 g/mol. The number of ether oxygens (including phenoxy) is 1. The summed E-state index contributed by atoms with van der Waals surface area (Å²) in [5.41, 5.74) is 6.06.